The lowest BCUT2D eigenvalue weighted by Gasteiger charge is -2.00. The van der Waals surface area contributed by atoms with E-state index in [0.717, 1.165) is 16.6 Å². The van der Waals surface area contributed by atoms with E-state index in [4.69, 9.17) is 4.42 Å². The largest absolute Gasteiger partial charge is 0.455 e. The summed E-state index contributed by atoms with van der Waals surface area (Å²) >= 11 is 0. The van der Waals surface area contributed by atoms with Gasteiger partial charge in [-0.2, -0.15) is 0 Å². The second kappa shape index (κ2) is 4.17. The second-order valence-electron chi connectivity index (χ2n) is 4.61. The Kier molecular flexibility index (Phi) is 2.33. The van der Waals surface area contributed by atoms with E-state index >= 15 is 0 Å². The molecule has 0 radical (unpaired) electrons. The number of benzene rings is 2. The lowest BCUT2D eigenvalue weighted by Crippen LogP contribution is -1.82. The molecule has 0 aliphatic carbocycles. The number of hydrogen-bond donors (Lipinski definition) is 0. The summed E-state index contributed by atoms with van der Waals surface area (Å²) in [5, 5.41) is 1.31. The molecule has 4 aromatic rings. The van der Waals surface area contributed by atoms with Crippen LogP contribution in [0.5, 0.6) is 0 Å². The molecule has 2 nitrogen and oxygen atoms in total. The highest BCUT2D eigenvalue weighted by atomic mass is 19.1. The molecule has 0 aliphatic rings. The smallest absolute Gasteiger partial charge is 0.144 e. The van der Waals surface area contributed by atoms with E-state index < -0.39 is 0 Å². The van der Waals surface area contributed by atoms with Gasteiger partial charge in [-0.1, -0.05) is 24.3 Å². The van der Waals surface area contributed by atoms with Gasteiger partial charge in [-0.05, 0) is 30.3 Å². The molecule has 0 saturated heterocycles. The van der Waals surface area contributed by atoms with Crippen LogP contribution in [0.1, 0.15) is 0 Å². The summed E-state index contributed by atoms with van der Waals surface area (Å²) in [5.74, 6) is -0.264. The molecule has 0 atom stereocenters. The zero-order chi connectivity index (χ0) is 13.5. The number of rotatable bonds is 1. The normalized spacial score (nSPS) is 11.2. The number of aromatic nitrogens is 1. The van der Waals surface area contributed by atoms with Gasteiger partial charge in [0.1, 0.15) is 17.0 Å². The summed E-state index contributed by atoms with van der Waals surface area (Å²) in [6.07, 6.45) is 1.73. The highest BCUT2D eigenvalue weighted by molar-refractivity contribution is 6.09. The average Bonchev–Trinajstić information content (AvgIpc) is 2.88. The van der Waals surface area contributed by atoms with E-state index in [9.17, 15) is 4.39 Å². The lowest BCUT2D eigenvalue weighted by atomic mass is 10.1. The van der Waals surface area contributed by atoms with Crippen molar-refractivity contribution < 1.29 is 8.81 Å². The molecule has 20 heavy (non-hydrogen) atoms. The lowest BCUT2D eigenvalue weighted by molar-refractivity contribution is 0.634. The first-order chi connectivity index (χ1) is 9.84. The molecule has 0 N–H and O–H groups in total. The third-order valence-electron chi connectivity index (χ3n) is 3.41. The maximum atomic E-state index is 14.0. The molecule has 0 spiro atoms. The predicted molar refractivity (Wildman–Crippen MR) is 76.9 cm³/mol. The third-order valence-corrected chi connectivity index (χ3v) is 3.41. The standard InChI is InChI=1S/C17H10FNO/c18-13-7-4-9-15-16(13)12-6-3-5-11(17(12)20-15)14-8-1-2-10-19-14/h1-10H. The molecular weight excluding hydrogens is 253 g/mol. The molecule has 0 saturated carbocycles. The first-order valence-electron chi connectivity index (χ1n) is 6.36. The molecule has 3 heteroatoms. The number of pyridine rings is 1. The SMILES string of the molecule is Fc1cccc2oc3c(-c4ccccn4)cccc3c12. The third kappa shape index (κ3) is 1.53. The molecule has 2 heterocycles. The topological polar surface area (TPSA) is 26.0 Å². The molecule has 96 valence electrons. The van der Waals surface area contributed by atoms with Crippen molar-refractivity contribution in [3.8, 4) is 11.3 Å². The number of hydrogen-bond acceptors (Lipinski definition) is 2. The highest BCUT2D eigenvalue weighted by Crippen LogP contribution is 2.35. The van der Waals surface area contributed by atoms with Gasteiger partial charge in [0.25, 0.3) is 0 Å². The van der Waals surface area contributed by atoms with Crippen molar-refractivity contribution in [2.24, 2.45) is 0 Å². The van der Waals surface area contributed by atoms with Crippen LogP contribution in [-0.4, -0.2) is 4.98 Å². The van der Waals surface area contributed by atoms with Crippen molar-refractivity contribution in [3.05, 3.63) is 66.6 Å². The summed E-state index contributed by atoms with van der Waals surface area (Å²) in [6.45, 7) is 0. The van der Waals surface area contributed by atoms with Crippen molar-refractivity contribution in [2.45, 2.75) is 0 Å². The van der Waals surface area contributed by atoms with Gasteiger partial charge in [-0.15, -0.1) is 0 Å². The number of fused-ring (bicyclic) bond motifs is 3. The van der Waals surface area contributed by atoms with Crippen LogP contribution in [0.25, 0.3) is 33.2 Å². The van der Waals surface area contributed by atoms with E-state index in [1.165, 1.54) is 6.07 Å². The van der Waals surface area contributed by atoms with E-state index in [2.05, 4.69) is 4.98 Å². The molecule has 0 fully saturated rings. The zero-order valence-corrected chi connectivity index (χ0v) is 10.5. The maximum Gasteiger partial charge on any atom is 0.144 e. The van der Waals surface area contributed by atoms with Crippen molar-refractivity contribution in [3.63, 3.8) is 0 Å². The summed E-state index contributed by atoms with van der Waals surface area (Å²) in [5.41, 5.74) is 2.92. The molecule has 2 aromatic carbocycles. The first-order valence-corrected chi connectivity index (χ1v) is 6.36. The van der Waals surface area contributed by atoms with Gasteiger partial charge in [0.15, 0.2) is 0 Å². The maximum absolute atomic E-state index is 14.0. The van der Waals surface area contributed by atoms with Gasteiger partial charge in [0, 0.05) is 17.1 Å². The van der Waals surface area contributed by atoms with Crippen LogP contribution in [0, 0.1) is 5.82 Å². The van der Waals surface area contributed by atoms with E-state index in [1.807, 2.05) is 36.4 Å². The Morgan fingerprint density at radius 1 is 0.900 bits per heavy atom. The minimum absolute atomic E-state index is 0.264. The quantitative estimate of drug-likeness (QED) is 0.493. The average molecular weight is 263 g/mol. The number of para-hydroxylation sites is 1. The molecule has 0 bridgehead atoms. The first kappa shape index (κ1) is 11.2. The van der Waals surface area contributed by atoms with Crippen molar-refractivity contribution in [2.75, 3.05) is 0 Å². The molecule has 0 unspecified atom stereocenters. The van der Waals surface area contributed by atoms with E-state index in [0.29, 0.717) is 16.6 Å². The van der Waals surface area contributed by atoms with Crippen LogP contribution in [0.4, 0.5) is 4.39 Å². The fraction of sp³-hybridized carbons (Fsp3) is 0. The fourth-order valence-electron chi connectivity index (χ4n) is 2.53. The van der Waals surface area contributed by atoms with E-state index in [-0.39, 0.29) is 5.82 Å². The Morgan fingerprint density at radius 3 is 2.65 bits per heavy atom. The minimum Gasteiger partial charge on any atom is -0.455 e. The van der Waals surface area contributed by atoms with Gasteiger partial charge < -0.3 is 4.42 Å². The number of furan rings is 1. The Labute approximate surface area is 114 Å². The van der Waals surface area contributed by atoms with Crippen LogP contribution in [0.15, 0.2) is 65.2 Å². The van der Waals surface area contributed by atoms with Gasteiger partial charge in [0.2, 0.25) is 0 Å². The Bertz CT molecular complexity index is 912. The van der Waals surface area contributed by atoms with Gasteiger partial charge >= 0.3 is 0 Å². The summed E-state index contributed by atoms with van der Waals surface area (Å²) < 4.78 is 19.8. The molecule has 2 aromatic heterocycles. The number of nitrogens with zero attached hydrogens (tertiary/aromatic N) is 1. The summed E-state index contributed by atoms with van der Waals surface area (Å²) in [7, 11) is 0. The highest BCUT2D eigenvalue weighted by Gasteiger charge is 2.14. The Balaban J connectivity index is 2.14. The van der Waals surface area contributed by atoms with Crippen molar-refractivity contribution in [1.82, 2.24) is 4.98 Å². The van der Waals surface area contributed by atoms with Crippen LogP contribution in [0.3, 0.4) is 0 Å². The van der Waals surface area contributed by atoms with Crippen molar-refractivity contribution in [1.29, 1.82) is 0 Å². The van der Waals surface area contributed by atoms with Crippen molar-refractivity contribution >= 4 is 21.9 Å². The van der Waals surface area contributed by atoms with Gasteiger partial charge in [-0.25, -0.2) is 4.39 Å². The summed E-state index contributed by atoms with van der Waals surface area (Å²) in [4.78, 5) is 4.34. The van der Waals surface area contributed by atoms with Crippen LogP contribution < -0.4 is 0 Å². The summed E-state index contributed by atoms with van der Waals surface area (Å²) in [6, 6.07) is 16.3. The molecule has 0 amide bonds. The minimum atomic E-state index is -0.264. The predicted octanol–water partition coefficient (Wildman–Crippen LogP) is 4.79. The molecule has 4 rings (SSSR count). The van der Waals surface area contributed by atoms with Gasteiger partial charge in [0.05, 0.1) is 11.1 Å². The molecule has 0 aliphatic heterocycles. The van der Waals surface area contributed by atoms with Crippen LogP contribution in [-0.2, 0) is 0 Å². The fourth-order valence-corrected chi connectivity index (χ4v) is 2.53. The number of halogens is 1. The van der Waals surface area contributed by atoms with Gasteiger partial charge in [-0.3, -0.25) is 4.98 Å². The zero-order valence-electron chi connectivity index (χ0n) is 10.5. The van der Waals surface area contributed by atoms with E-state index in [1.54, 1.807) is 18.3 Å². The molecular formula is C17H10FNO. The second-order valence-corrected chi connectivity index (χ2v) is 4.61. The Hall–Kier alpha value is -2.68. The van der Waals surface area contributed by atoms with Crippen LogP contribution in [0.2, 0.25) is 0 Å². The Morgan fingerprint density at radius 2 is 1.80 bits per heavy atom. The monoisotopic (exact) mass is 263 g/mol. The van der Waals surface area contributed by atoms with Crippen LogP contribution >= 0.6 is 0 Å².